The summed E-state index contributed by atoms with van der Waals surface area (Å²) >= 11 is 0. The van der Waals surface area contributed by atoms with Gasteiger partial charge < -0.3 is 14.7 Å². The number of hydrogen-bond donors (Lipinski definition) is 1. The van der Waals surface area contributed by atoms with Crippen LogP contribution in [0.25, 0.3) is 10.9 Å². The van der Waals surface area contributed by atoms with Gasteiger partial charge in [-0.3, -0.25) is 14.3 Å². The van der Waals surface area contributed by atoms with Crippen molar-refractivity contribution in [1.29, 1.82) is 0 Å². The largest absolute Gasteiger partial charge is 0.388 e. The molecule has 0 spiro atoms. The summed E-state index contributed by atoms with van der Waals surface area (Å²) in [5, 5.41) is 11.5. The lowest BCUT2D eigenvalue weighted by Crippen LogP contribution is -2.53. The predicted octanol–water partition coefficient (Wildman–Crippen LogP) is 1.47. The minimum Gasteiger partial charge on any atom is -0.388 e. The third-order valence-electron chi connectivity index (χ3n) is 6.64. The highest BCUT2D eigenvalue weighted by molar-refractivity contribution is 5.81. The topological polar surface area (TPSA) is 70.8 Å². The standard InChI is InChI=1S/C22H30N4O3/c27-21-19-4-3-18(13-20(19)23-16-26(21)14-17-1-2-17)25-9-7-24(8-10-25)15-22(28)5-11-29-12-6-22/h3-4,13,16-17,28H,1-2,5-12,14-15H2. The van der Waals surface area contributed by atoms with Gasteiger partial charge >= 0.3 is 0 Å². The van der Waals surface area contributed by atoms with E-state index in [2.05, 4.69) is 20.9 Å². The first-order valence-electron chi connectivity index (χ1n) is 10.9. The number of anilines is 1. The Labute approximate surface area is 170 Å². The van der Waals surface area contributed by atoms with Crippen molar-refractivity contribution in [2.45, 2.75) is 37.8 Å². The minimum atomic E-state index is -0.604. The number of aromatic nitrogens is 2. The molecular weight excluding hydrogens is 368 g/mol. The van der Waals surface area contributed by atoms with E-state index in [0.717, 1.165) is 63.3 Å². The minimum absolute atomic E-state index is 0.0722. The van der Waals surface area contributed by atoms with E-state index in [-0.39, 0.29) is 5.56 Å². The van der Waals surface area contributed by atoms with Crippen LogP contribution in [0.15, 0.2) is 29.3 Å². The summed E-state index contributed by atoms with van der Waals surface area (Å²) in [6.07, 6.45) is 5.60. The maximum absolute atomic E-state index is 12.7. The molecule has 5 rings (SSSR count). The molecular formula is C22H30N4O3. The van der Waals surface area contributed by atoms with Gasteiger partial charge in [-0.15, -0.1) is 0 Å². The molecule has 1 aromatic carbocycles. The molecule has 2 saturated heterocycles. The molecule has 1 saturated carbocycles. The Morgan fingerprint density at radius 3 is 2.62 bits per heavy atom. The lowest BCUT2D eigenvalue weighted by Gasteiger charge is -2.41. The summed E-state index contributed by atoms with van der Waals surface area (Å²) in [5.41, 5.74) is 1.36. The summed E-state index contributed by atoms with van der Waals surface area (Å²) < 4.78 is 7.15. The third-order valence-corrected chi connectivity index (χ3v) is 6.64. The summed E-state index contributed by atoms with van der Waals surface area (Å²) in [7, 11) is 0. The average molecular weight is 399 g/mol. The predicted molar refractivity (Wildman–Crippen MR) is 112 cm³/mol. The maximum atomic E-state index is 12.7. The molecule has 7 heteroatoms. The van der Waals surface area contributed by atoms with Crippen LogP contribution in [0.2, 0.25) is 0 Å². The molecule has 2 aliphatic heterocycles. The number of β-amino-alcohol motifs (C(OH)–C–C–N with tert-alkyl or cyclic N) is 1. The van der Waals surface area contributed by atoms with Crippen LogP contribution in [0.4, 0.5) is 5.69 Å². The number of ether oxygens (including phenoxy) is 1. The smallest absolute Gasteiger partial charge is 0.261 e. The Balaban J connectivity index is 1.25. The maximum Gasteiger partial charge on any atom is 0.261 e. The highest BCUT2D eigenvalue weighted by Gasteiger charge is 2.33. The van der Waals surface area contributed by atoms with Crippen molar-refractivity contribution < 1.29 is 9.84 Å². The van der Waals surface area contributed by atoms with Gasteiger partial charge in [0.05, 0.1) is 22.8 Å². The van der Waals surface area contributed by atoms with E-state index in [0.29, 0.717) is 24.5 Å². The van der Waals surface area contributed by atoms with Crippen molar-refractivity contribution in [2.24, 2.45) is 5.92 Å². The van der Waals surface area contributed by atoms with Gasteiger partial charge in [-0.1, -0.05) is 0 Å². The second-order valence-electron chi connectivity index (χ2n) is 8.95. The SMILES string of the molecule is O=c1c2ccc(N3CCN(CC4(O)CCOCC4)CC3)cc2ncn1CC1CC1. The molecule has 1 aromatic heterocycles. The fourth-order valence-electron chi connectivity index (χ4n) is 4.54. The van der Waals surface area contributed by atoms with Gasteiger partial charge in [0, 0.05) is 71.0 Å². The molecule has 29 heavy (non-hydrogen) atoms. The zero-order valence-electron chi connectivity index (χ0n) is 16.9. The number of hydrogen-bond acceptors (Lipinski definition) is 6. The van der Waals surface area contributed by atoms with E-state index in [1.54, 1.807) is 10.9 Å². The first-order chi connectivity index (χ1) is 14.1. The van der Waals surface area contributed by atoms with E-state index < -0.39 is 5.60 Å². The van der Waals surface area contributed by atoms with Crippen LogP contribution < -0.4 is 10.5 Å². The van der Waals surface area contributed by atoms with Gasteiger partial charge in [0.25, 0.3) is 5.56 Å². The number of rotatable bonds is 5. The van der Waals surface area contributed by atoms with E-state index in [1.165, 1.54) is 12.8 Å². The lowest BCUT2D eigenvalue weighted by molar-refractivity contribution is -0.0802. The number of benzene rings is 1. The third kappa shape index (κ3) is 4.17. The van der Waals surface area contributed by atoms with Crippen molar-refractivity contribution in [3.63, 3.8) is 0 Å². The Kier molecular flexibility index (Phi) is 5.05. The fraction of sp³-hybridized carbons (Fsp3) is 0.636. The van der Waals surface area contributed by atoms with Crippen LogP contribution in [0, 0.1) is 5.92 Å². The van der Waals surface area contributed by atoms with E-state index in [1.807, 2.05) is 12.1 Å². The molecule has 1 N–H and O–H groups in total. The molecule has 1 aliphatic carbocycles. The summed E-state index contributed by atoms with van der Waals surface area (Å²) in [4.78, 5) is 22.0. The van der Waals surface area contributed by atoms with E-state index in [9.17, 15) is 9.90 Å². The second-order valence-corrected chi connectivity index (χ2v) is 8.95. The lowest BCUT2D eigenvalue weighted by atomic mass is 9.93. The second kappa shape index (κ2) is 7.70. The molecule has 3 aliphatic rings. The Morgan fingerprint density at radius 2 is 1.90 bits per heavy atom. The first kappa shape index (κ1) is 19.0. The van der Waals surface area contributed by atoms with E-state index >= 15 is 0 Å². The van der Waals surface area contributed by atoms with E-state index in [4.69, 9.17) is 4.74 Å². The summed E-state index contributed by atoms with van der Waals surface area (Å²) in [5.74, 6) is 0.654. The molecule has 0 atom stereocenters. The van der Waals surface area contributed by atoms with Crippen molar-refractivity contribution >= 4 is 16.6 Å². The first-order valence-corrected chi connectivity index (χ1v) is 10.9. The van der Waals surface area contributed by atoms with Crippen LogP contribution in [0.3, 0.4) is 0 Å². The number of piperazine rings is 1. The highest BCUT2D eigenvalue weighted by atomic mass is 16.5. The zero-order chi connectivity index (χ0) is 19.8. The number of nitrogens with zero attached hydrogens (tertiary/aromatic N) is 4. The quantitative estimate of drug-likeness (QED) is 0.823. The van der Waals surface area contributed by atoms with Gasteiger partial charge in [0.1, 0.15) is 0 Å². The number of fused-ring (bicyclic) bond motifs is 1. The molecule has 0 amide bonds. The van der Waals surface area contributed by atoms with Gasteiger partial charge in [0.15, 0.2) is 0 Å². The molecule has 3 fully saturated rings. The Hall–Kier alpha value is -1.96. The van der Waals surface area contributed by atoms with Gasteiger partial charge in [-0.05, 0) is 37.0 Å². The molecule has 0 bridgehead atoms. The normalized spacial score (nSPS) is 22.9. The molecule has 3 heterocycles. The molecule has 7 nitrogen and oxygen atoms in total. The van der Waals surface area contributed by atoms with Gasteiger partial charge in [0.2, 0.25) is 0 Å². The Morgan fingerprint density at radius 1 is 1.14 bits per heavy atom. The Bertz CT molecular complexity index is 925. The summed E-state index contributed by atoms with van der Waals surface area (Å²) in [6, 6.07) is 6.02. The number of aliphatic hydroxyl groups is 1. The van der Waals surface area contributed by atoms with Crippen LogP contribution in [0.5, 0.6) is 0 Å². The van der Waals surface area contributed by atoms with Gasteiger partial charge in [-0.25, -0.2) is 4.98 Å². The van der Waals surface area contributed by atoms with Gasteiger partial charge in [-0.2, -0.15) is 0 Å². The zero-order valence-corrected chi connectivity index (χ0v) is 16.9. The summed E-state index contributed by atoms with van der Waals surface area (Å²) in [6.45, 7) is 6.52. The molecule has 0 radical (unpaired) electrons. The average Bonchev–Trinajstić information content (AvgIpc) is 3.55. The van der Waals surface area contributed by atoms with Crippen molar-refractivity contribution in [3.05, 3.63) is 34.9 Å². The highest BCUT2D eigenvalue weighted by Crippen LogP contribution is 2.30. The van der Waals surface area contributed by atoms with Crippen LogP contribution >= 0.6 is 0 Å². The van der Waals surface area contributed by atoms with Crippen LogP contribution in [-0.4, -0.2) is 71.1 Å². The van der Waals surface area contributed by atoms with Crippen LogP contribution in [0.1, 0.15) is 25.7 Å². The van der Waals surface area contributed by atoms with Crippen molar-refractivity contribution in [3.8, 4) is 0 Å². The monoisotopic (exact) mass is 398 g/mol. The van der Waals surface area contributed by atoms with Crippen LogP contribution in [-0.2, 0) is 11.3 Å². The molecule has 156 valence electrons. The molecule has 0 unspecified atom stereocenters. The fourth-order valence-corrected chi connectivity index (χ4v) is 4.54. The molecule has 2 aromatic rings. The van der Waals surface area contributed by atoms with Crippen molar-refractivity contribution in [2.75, 3.05) is 50.8 Å². The van der Waals surface area contributed by atoms with Crippen molar-refractivity contribution in [1.82, 2.24) is 14.5 Å².